The Morgan fingerprint density at radius 1 is 1.50 bits per heavy atom. The van der Waals surface area contributed by atoms with Crippen molar-refractivity contribution in [3.63, 3.8) is 0 Å². The fraction of sp³-hybridized carbons (Fsp3) is 0.833. The maximum Gasteiger partial charge on any atom is 0.326 e. The molecule has 104 valence electrons. The molecule has 6 heteroatoms. The van der Waals surface area contributed by atoms with Crippen molar-refractivity contribution in [2.75, 3.05) is 20.1 Å². The van der Waals surface area contributed by atoms with E-state index in [-0.39, 0.29) is 12.1 Å². The van der Waals surface area contributed by atoms with Gasteiger partial charge < -0.3 is 20.6 Å². The molecule has 18 heavy (non-hydrogen) atoms. The van der Waals surface area contributed by atoms with Crippen LogP contribution in [-0.2, 0) is 4.79 Å². The lowest BCUT2D eigenvalue weighted by molar-refractivity contribution is -0.139. The van der Waals surface area contributed by atoms with E-state index in [0.29, 0.717) is 6.42 Å². The molecule has 0 radical (unpaired) electrons. The average molecular weight is 257 g/mol. The van der Waals surface area contributed by atoms with Crippen LogP contribution < -0.4 is 10.6 Å². The van der Waals surface area contributed by atoms with Crippen LogP contribution in [0.1, 0.15) is 32.6 Å². The molecule has 2 amide bonds. The minimum Gasteiger partial charge on any atom is -0.480 e. The van der Waals surface area contributed by atoms with E-state index in [2.05, 4.69) is 15.5 Å². The molecule has 1 heterocycles. The summed E-state index contributed by atoms with van der Waals surface area (Å²) in [7, 11) is 2.02. The van der Waals surface area contributed by atoms with Gasteiger partial charge in [0.15, 0.2) is 0 Å². The van der Waals surface area contributed by atoms with Gasteiger partial charge in [0.25, 0.3) is 0 Å². The molecule has 0 spiro atoms. The van der Waals surface area contributed by atoms with Crippen molar-refractivity contribution in [2.24, 2.45) is 0 Å². The Hall–Kier alpha value is -1.30. The van der Waals surface area contributed by atoms with E-state index < -0.39 is 12.0 Å². The molecule has 1 rings (SSSR count). The molecular weight excluding hydrogens is 234 g/mol. The zero-order valence-corrected chi connectivity index (χ0v) is 11.1. The maximum atomic E-state index is 11.7. The molecule has 6 nitrogen and oxygen atoms in total. The smallest absolute Gasteiger partial charge is 0.326 e. The summed E-state index contributed by atoms with van der Waals surface area (Å²) in [4.78, 5) is 24.8. The van der Waals surface area contributed by atoms with E-state index in [4.69, 9.17) is 5.11 Å². The summed E-state index contributed by atoms with van der Waals surface area (Å²) >= 11 is 0. The number of carboxylic acids is 1. The van der Waals surface area contributed by atoms with E-state index in [0.717, 1.165) is 32.4 Å². The van der Waals surface area contributed by atoms with Gasteiger partial charge in [0.1, 0.15) is 6.04 Å². The Kier molecular flexibility index (Phi) is 5.91. The highest BCUT2D eigenvalue weighted by molar-refractivity contribution is 5.82. The van der Waals surface area contributed by atoms with Gasteiger partial charge in [-0.1, -0.05) is 13.3 Å². The van der Waals surface area contributed by atoms with Gasteiger partial charge in [0.2, 0.25) is 0 Å². The van der Waals surface area contributed by atoms with Crippen LogP contribution in [0.5, 0.6) is 0 Å². The topological polar surface area (TPSA) is 81.7 Å². The molecule has 0 aromatic carbocycles. The van der Waals surface area contributed by atoms with Crippen LogP contribution in [0.4, 0.5) is 4.79 Å². The van der Waals surface area contributed by atoms with Crippen molar-refractivity contribution in [1.29, 1.82) is 0 Å². The van der Waals surface area contributed by atoms with Crippen molar-refractivity contribution in [1.82, 2.24) is 15.5 Å². The standard InChI is InChI=1S/C12H23N3O3/c1-3-5-10(11(16)17)14-12(18)13-9-6-4-7-15(2)8-9/h9-10H,3-8H2,1-2H3,(H,16,17)(H2,13,14,18). The fourth-order valence-corrected chi connectivity index (χ4v) is 2.22. The Morgan fingerprint density at radius 2 is 2.22 bits per heavy atom. The first-order valence-corrected chi connectivity index (χ1v) is 6.51. The average Bonchev–Trinajstić information content (AvgIpc) is 2.28. The third-order valence-electron chi connectivity index (χ3n) is 3.14. The number of rotatable bonds is 5. The molecule has 3 N–H and O–H groups in total. The normalized spacial score (nSPS) is 22.2. The van der Waals surface area contributed by atoms with E-state index >= 15 is 0 Å². The second-order valence-corrected chi connectivity index (χ2v) is 4.90. The number of carbonyl (C=O) groups excluding carboxylic acids is 1. The summed E-state index contributed by atoms with van der Waals surface area (Å²) in [6.45, 7) is 3.76. The van der Waals surface area contributed by atoms with E-state index in [1.165, 1.54) is 0 Å². The lowest BCUT2D eigenvalue weighted by atomic mass is 10.1. The molecule has 1 aliphatic rings. The monoisotopic (exact) mass is 257 g/mol. The zero-order chi connectivity index (χ0) is 13.5. The Balaban J connectivity index is 2.37. The van der Waals surface area contributed by atoms with Gasteiger partial charge >= 0.3 is 12.0 Å². The zero-order valence-electron chi connectivity index (χ0n) is 11.1. The lowest BCUT2D eigenvalue weighted by Gasteiger charge is -2.30. The Labute approximate surface area is 108 Å². The highest BCUT2D eigenvalue weighted by Gasteiger charge is 2.22. The number of carboxylic acid groups (broad SMARTS) is 1. The molecular formula is C12H23N3O3. The number of likely N-dealkylation sites (N-methyl/N-ethyl adjacent to an activating group) is 1. The lowest BCUT2D eigenvalue weighted by Crippen LogP contribution is -2.52. The molecule has 1 aliphatic heterocycles. The van der Waals surface area contributed by atoms with Gasteiger partial charge in [0, 0.05) is 12.6 Å². The number of urea groups is 1. The van der Waals surface area contributed by atoms with Gasteiger partial charge in [-0.2, -0.15) is 0 Å². The third kappa shape index (κ3) is 4.91. The second-order valence-electron chi connectivity index (χ2n) is 4.90. The molecule has 1 fully saturated rings. The summed E-state index contributed by atoms with van der Waals surface area (Å²) in [6, 6.07) is -1.06. The van der Waals surface area contributed by atoms with E-state index in [1.807, 2.05) is 14.0 Å². The maximum absolute atomic E-state index is 11.7. The minimum atomic E-state index is -0.979. The quantitative estimate of drug-likeness (QED) is 0.675. The Morgan fingerprint density at radius 3 is 2.78 bits per heavy atom. The molecule has 0 aliphatic carbocycles. The number of hydrogen-bond donors (Lipinski definition) is 3. The van der Waals surface area contributed by atoms with Gasteiger partial charge in [0.05, 0.1) is 0 Å². The van der Waals surface area contributed by atoms with Crippen LogP contribution in [0, 0.1) is 0 Å². The first-order valence-electron chi connectivity index (χ1n) is 6.51. The van der Waals surface area contributed by atoms with Crippen molar-refractivity contribution in [3.05, 3.63) is 0 Å². The van der Waals surface area contributed by atoms with E-state index in [9.17, 15) is 9.59 Å². The van der Waals surface area contributed by atoms with Crippen LogP contribution in [0.25, 0.3) is 0 Å². The first kappa shape index (κ1) is 14.8. The van der Waals surface area contributed by atoms with Crippen molar-refractivity contribution >= 4 is 12.0 Å². The van der Waals surface area contributed by atoms with Gasteiger partial charge in [-0.25, -0.2) is 9.59 Å². The predicted octanol–water partition coefficient (Wildman–Crippen LogP) is 0.633. The fourth-order valence-electron chi connectivity index (χ4n) is 2.22. The number of hydrogen-bond acceptors (Lipinski definition) is 3. The Bertz CT molecular complexity index is 296. The number of aliphatic carboxylic acids is 1. The molecule has 0 saturated carbocycles. The number of piperidine rings is 1. The second kappa shape index (κ2) is 7.20. The summed E-state index contributed by atoms with van der Waals surface area (Å²) in [5, 5.41) is 14.3. The highest BCUT2D eigenvalue weighted by Crippen LogP contribution is 2.07. The molecule has 1 saturated heterocycles. The summed E-state index contributed by atoms with van der Waals surface area (Å²) in [6.07, 6.45) is 3.18. The van der Waals surface area contributed by atoms with Crippen LogP contribution in [0.2, 0.25) is 0 Å². The van der Waals surface area contributed by atoms with E-state index in [1.54, 1.807) is 0 Å². The molecule has 0 aromatic rings. The molecule has 2 atom stereocenters. The van der Waals surface area contributed by atoms with Crippen molar-refractivity contribution in [3.8, 4) is 0 Å². The van der Waals surface area contributed by atoms with Crippen LogP contribution in [0.15, 0.2) is 0 Å². The first-order chi connectivity index (χ1) is 8.52. The SMILES string of the molecule is CCCC(NC(=O)NC1CCCN(C)C1)C(=O)O. The van der Waals surface area contributed by atoms with Gasteiger partial charge in [-0.3, -0.25) is 0 Å². The number of nitrogens with zero attached hydrogens (tertiary/aromatic N) is 1. The predicted molar refractivity (Wildman–Crippen MR) is 68.5 cm³/mol. The molecule has 0 aromatic heterocycles. The van der Waals surface area contributed by atoms with Crippen LogP contribution >= 0.6 is 0 Å². The largest absolute Gasteiger partial charge is 0.480 e. The van der Waals surface area contributed by atoms with Gasteiger partial charge in [-0.15, -0.1) is 0 Å². The molecule has 2 unspecified atom stereocenters. The number of likely N-dealkylation sites (tertiary alicyclic amines) is 1. The summed E-state index contributed by atoms with van der Waals surface area (Å²) in [5.41, 5.74) is 0. The van der Waals surface area contributed by atoms with Crippen LogP contribution in [-0.4, -0.2) is 54.2 Å². The number of amides is 2. The van der Waals surface area contributed by atoms with Crippen molar-refractivity contribution < 1.29 is 14.7 Å². The number of carbonyl (C=O) groups is 2. The summed E-state index contributed by atoms with van der Waals surface area (Å²) < 4.78 is 0. The third-order valence-corrected chi connectivity index (χ3v) is 3.14. The summed E-state index contributed by atoms with van der Waals surface area (Å²) in [5.74, 6) is -0.979. The number of nitrogens with one attached hydrogen (secondary N) is 2. The van der Waals surface area contributed by atoms with Gasteiger partial charge in [-0.05, 0) is 32.9 Å². The van der Waals surface area contributed by atoms with Crippen LogP contribution in [0.3, 0.4) is 0 Å². The minimum absolute atomic E-state index is 0.111. The molecule has 0 bridgehead atoms. The highest BCUT2D eigenvalue weighted by atomic mass is 16.4. The van der Waals surface area contributed by atoms with Crippen molar-refractivity contribution in [2.45, 2.75) is 44.7 Å².